The molecule has 2 aromatic rings. The Bertz CT molecular complexity index is 1320. The lowest BCUT2D eigenvalue weighted by atomic mass is 10.0. The van der Waals surface area contributed by atoms with Crippen LogP contribution in [0.2, 0.25) is 0 Å². The number of carbonyl (C=O) groups is 1. The highest BCUT2D eigenvalue weighted by Crippen LogP contribution is 2.27. The molecule has 10 heteroatoms. The molecule has 0 bridgehead atoms. The first-order valence-corrected chi connectivity index (χ1v) is 15.9. The lowest BCUT2D eigenvalue weighted by molar-refractivity contribution is 0.0832. The third-order valence-electron chi connectivity index (χ3n) is 7.28. The zero-order valence-corrected chi connectivity index (χ0v) is 25.8. The standard InChI is InChI=1S/C31H45N5O4S/c1-21(2)23(5)33-29-18-26(19-30(35-29)36(6)41(39,40)22(3)4)31(38)34-27(17-25-11-8-7-9-12-25)28(37)20-32-16-10-13-24-14-15-24/h7-9,11-12,18-19,21-24,27-28,32,37H,14-17,20H2,1-6H3,(H,33,35)(H,34,38)/t23-,27-,28+/m0/s1. The molecule has 1 amide bonds. The van der Waals surface area contributed by atoms with Crippen molar-refractivity contribution in [2.75, 3.05) is 29.8 Å². The zero-order chi connectivity index (χ0) is 30.2. The van der Waals surface area contributed by atoms with Crippen molar-refractivity contribution in [2.24, 2.45) is 11.8 Å². The Morgan fingerprint density at radius 3 is 2.41 bits per heavy atom. The molecule has 1 aromatic heterocycles. The second-order valence-electron chi connectivity index (χ2n) is 11.4. The minimum atomic E-state index is -3.68. The Morgan fingerprint density at radius 2 is 1.80 bits per heavy atom. The zero-order valence-electron chi connectivity index (χ0n) is 25.0. The van der Waals surface area contributed by atoms with Gasteiger partial charge in [0.25, 0.3) is 5.91 Å². The number of aliphatic hydroxyl groups excluding tert-OH is 1. The first-order chi connectivity index (χ1) is 19.4. The number of aliphatic hydroxyl groups is 1. The number of anilines is 2. The van der Waals surface area contributed by atoms with E-state index in [1.165, 1.54) is 13.1 Å². The van der Waals surface area contributed by atoms with Gasteiger partial charge in [-0.1, -0.05) is 56.0 Å². The number of hydrogen-bond acceptors (Lipinski definition) is 7. The quantitative estimate of drug-likeness (QED) is 0.199. The topological polar surface area (TPSA) is 124 Å². The molecule has 1 saturated carbocycles. The number of benzene rings is 1. The number of pyridine rings is 1. The average Bonchev–Trinajstić information content (AvgIpc) is 3.76. The Hall–Kier alpha value is -3.13. The maximum atomic E-state index is 13.6. The summed E-state index contributed by atoms with van der Waals surface area (Å²) in [6, 6.07) is 12.2. The van der Waals surface area contributed by atoms with Crippen molar-refractivity contribution >= 4 is 27.6 Å². The SMILES string of the molecule is CC(C)[C@H](C)Nc1cc(C(=O)N[C@@H](Cc2ccccc2)[C@H](O)CNCC#CC2CC2)cc(N(C)S(=O)(=O)C(C)C)n1. The molecular weight excluding hydrogens is 538 g/mol. The molecule has 1 heterocycles. The molecule has 1 aliphatic rings. The van der Waals surface area contributed by atoms with Crippen LogP contribution >= 0.6 is 0 Å². The van der Waals surface area contributed by atoms with E-state index in [4.69, 9.17) is 0 Å². The molecule has 0 radical (unpaired) electrons. The summed E-state index contributed by atoms with van der Waals surface area (Å²) >= 11 is 0. The average molecular weight is 584 g/mol. The number of sulfonamides is 1. The van der Waals surface area contributed by atoms with Gasteiger partial charge < -0.3 is 21.1 Å². The number of aromatic nitrogens is 1. The van der Waals surface area contributed by atoms with Crippen LogP contribution in [0.5, 0.6) is 0 Å². The van der Waals surface area contributed by atoms with Gasteiger partial charge in [-0.2, -0.15) is 0 Å². The van der Waals surface area contributed by atoms with E-state index in [2.05, 4.69) is 46.6 Å². The van der Waals surface area contributed by atoms with Gasteiger partial charge in [0.15, 0.2) is 0 Å². The lowest BCUT2D eigenvalue weighted by Crippen LogP contribution is -2.48. The van der Waals surface area contributed by atoms with Crippen molar-refractivity contribution in [1.82, 2.24) is 15.6 Å². The van der Waals surface area contributed by atoms with Gasteiger partial charge in [-0.3, -0.25) is 9.10 Å². The maximum absolute atomic E-state index is 13.6. The van der Waals surface area contributed by atoms with Crippen molar-refractivity contribution in [3.8, 4) is 11.8 Å². The highest BCUT2D eigenvalue weighted by Gasteiger charge is 2.27. The van der Waals surface area contributed by atoms with Crippen LogP contribution in [0, 0.1) is 23.7 Å². The number of amides is 1. The predicted molar refractivity (Wildman–Crippen MR) is 165 cm³/mol. The number of nitrogens with zero attached hydrogens (tertiary/aromatic N) is 2. The number of hydrogen-bond donors (Lipinski definition) is 4. The van der Waals surface area contributed by atoms with Gasteiger partial charge in [0.05, 0.1) is 23.9 Å². The van der Waals surface area contributed by atoms with E-state index in [1.807, 2.05) is 37.3 Å². The van der Waals surface area contributed by atoms with E-state index >= 15 is 0 Å². The van der Waals surface area contributed by atoms with Crippen molar-refractivity contribution in [1.29, 1.82) is 0 Å². The fourth-order valence-corrected chi connectivity index (χ4v) is 4.97. The molecule has 9 nitrogen and oxygen atoms in total. The first-order valence-electron chi connectivity index (χ1n) is 14.4. The smallest absolute Gasteiger partial charge is 0.251 e. The second-order valence-corrected chi connectivity index (χ2v) is 13.9. The molecule has 0 spiro atoms. The number of nitrogens with one attached hydrogen (secondary N) is 3. The van der Waals surface area contributed by atoms with Crippen LogP contribution in [0.25, 0.3) is 0 Å². The minimum Gasteiger partial charge on any atom is -0.390 e. The van der Waals surface area contributed by atoms with Crippen LogP contribution in [0.3, 0.4) is 0 Å². The van der Waals surface area contributed by atoms with Crippen molar-refractivity contribution in [3.05, 3.63) is 53.6 Å². The highest BCUT2D eigenvalue weighted by molar-refractivity contribution is 7.93. The van der Waals surface area contributed by atoms with Gasteiger partial charge in [0, 0.05) is 31.1 Å². The molecule has 41 heavy (non-hydrogen) atoms. The predicted octanol–water partition coefficient (Wildman–Crippen LogP) is 3.42. The van der Waals surface area contributed by atoms with E-state index in [1.54, 1.807) is 19.9 Å². The molecule has 0 saturated heterocycles. The van der Waals surface area contributed by atoms with Gasteiger partial charge in [-0.05, 0) is 63.6 Å². The van der Waals surface area contributed by atoms with Gasteiger partial charge in [-0.15, -0.1) is 0 Å². The molecule has 3 rings (SSSR count). The van der Waals surface area contributed by atoms with Crippen molar-refractivity contribution in [2.45, 2.75) is 77.3 Å². The summed E-state index contributed by atoms with van der Waals surface area (Å²) in [5.74, 6) is 7.18. The normalized spacial score (nSPS) is 15.5. The summed E-state index contributed by atoms with van der Waals surface area (Å²) in [4.78, 5) is 18.2. The number of carbonyl (C=O) groups excluding carboxylic acids is 1. The van der Waals surface area contributed by atoms with Crippen molar-refractivity contribution < 1.29 is 18.3 Å². The molecule has 3 atom stereocenters. The van der Waals surface area contributed by atoms with Crippen LogP contribution in [-0.2, 0) is 16.4 Å². The highest BCUT2D eigenvalue weighted by atomic mass is 32.2. The van der Waals surface area contributed by atoms with Crippen LogP contribution in [0.1, 0.15) is 63.4 Å². The molecule has 4 N–H and O–H groups in total. The fraction of sp³-hybridized carbons (Fsp3) is 0.548. The van der Waals surface area contributed by atoms with E-state index in [-0.39, 0.29) is 29.9 Å². The lowest BCUT2D eigenvalue weighted by Gasteiger charge is -2.26. The molecule has 1 aliphatic carbocycles. The summed E-state index contributed by atoms with van der Waals surface area (Å²) in [6.45, 7) is 10.0. The first kappa shape index (κ1) is 32.4. The molecule has 1 fully saturated rings. The van der Waals surface area contributed by atoms with E-state index in [9.17, 15) is 18.3 Å². The molecular formula is C31H45N5O4S. The van der Waals surface area contributed by atoms with Gasteiger partial charge in [0.2, 0.25) is 10.0 Å². The Morgan fingerprint density at radius 1 is 1.12 bits per heavy atom. The second kappa shape index (κ2) is 14.7. The maximum Gasteiger partial charge on any atom is 0.251 e. The van der Waals surface area contributed by atoms with Crippen LogP contribution < -0.4 is 20.3 Å². The Balaban J connectivity index is 1.86. The summed E-state index contributed by atoms with van der Waals surface area (Å²) in [6.07, 6.45) is 1.85. The summed E-state index contributed by atoms with van der Waals surface area (Å²) in [7, 11) is -2.24. The summed E-state index contributed by atoms with van der Waals surface area (Å²) < 4.78 is 27.0. The largest absolute Gasteiger partial charge is 0.390 e. The van der Waals surface area contributed by atoms with Crippen molar-refractivity contribution in [3.63, 3.8) is 0 Å². The Labute approximate surface area is 245 Å². The van der Waals surface area contributed by atoms with Crippen LogP contribution in [-0.4, -0.2) is 68.0 Å². The van der Waals surface area contributed by atoms with Gasteiger partial charge in [0.1, 0.15) is 11.6 Å². The van der Waals surface area contributed by atoms with Gasteiger partial charge in [-0.25, -0.2) is 13.4 Å². The van der Waals surface area contributed by atoms with Crippen LogP contribution in [0.15, 0.2) is 42.5 Å². The van der Waals surface area contributed by atoms with Gasteiger partial charge >= 0.3 is 0 Å². The molecule has 0 aliphatic heterocycles. The van der Waals surface area contributed by atoms with E-state index < -0.39 is 33.3 Å². The third-order valence-corrected chi connectivity index (χ3v) is 9.42. The van der Waals surface area contributed by atoms with E-state index in [0.717, 1.165) is 22.7 Å². The molecule has 1 aromatic carbocycles. The molecule has 224 valence electrons. The monoisotopic (exact) mass is 583 g/mol. The van der Waals surface area contributed by atoms with Crippen LogP contribution in [0.4, 0.5) is 11.6 Å². The minimum absolute atomic E-state index is 0.0300. The third kappa shape index (κ3) is 9.73. The molecule has 0 unspecified atom stereocenters. The summed E-state index contributed by atoms with van der Waals surface area (Å²) in [5, 5.41) is 19.9. The Kier molecular flexibility index (Phi) is 11.6. The fourth-order valence-electron chi connectivity index (χ4n) is 3.98. The summed E-state index contributed by atoms with van der Waals surface area (Å²) in [5.41, 5.74) is 1.21. The van der Waals surface area contributed by atoms with E-state index in [0.29, 0.717) is 24.7 Å². The number of rotatable bonds is 14.